The van der Waals surface area contributed by atoms with E-state index in [1.807, 2.05) is 6.07 Å². The van der Waals surface area contributed by atoms with Crippen molar-refractivity contribution in [2.75, 3.05) is 29.9 Å². The summed E-state index contributed by atoms with van der Waals surface area (Å²) in [6, 6.07) is 7.81. The zero-order valence-electron chi connectivity index (χ0n) is 16.3. The van der Waals surface area contributed by atoms with Crippen LogP contribution in [0, 0.1) is 5.92 Å². The van der Waals surface area contributed by atoms with Crippen molar-refractivity contribution >= 4 is 29.9 Å². The lowest BCUT2D eigenvalue weighted by molar-refractivity contribution is 0.102. The molecule has 1 aliphatic heterocycles. The van der Waals surface area contributed by atoms with Gasteiger partial charge in [-0.2, -0.15) is 0 Å². The van der Waals surface area contributed by atoms with Crippen LogP contribution in [0.25, 0.3) is 0 Å². The van der Waals surface area contributed by atoms with Crippen LogP contribution < -0.4 is 15.5 Å². The van der Waals surface area contributed by atoms with Crippen LogP contribution in [0.1, 0.15) is 47.8 Å². The van der Waals surface area contributed by atoms with E-state index in [-0.39, 0.29) is 18.3 Å². The molecule has 2 aromatic rings. The lowest BCUT2D eigenvalue weighted by atomic mass is 10.0. The van der Waals surface area contributed by atoms with Gasteiger partial charge in [0, 0.05) is 31.5 Å². The predicted molar refractivity (Wildman–Crippen MR) is 114 cm³/mol. The maximum Gasteiger partial charge on any atom is 0.274 e. The Morgan fingerprint density at radius 2 is 2.14 bits per heavy atom. The van der Waals surface area contributed by atoms with E-state index < -0.39 is 0 Å². The molecule has 28 heavy (non-hydrogen) atoms. The van der Waals surface area contributed by atoms with Crippen molar-refractivity contribution in [1.82, 2.24) is 15.3 Å². The van der Waals surface area contributed by atoms with Crippen LogP contribution in [0.4, 0.5) is 11.6 Å². The molecule has 0 saturated heterocycles. The number of halogens is 1. The molecule has 2 N–H and O–H groups in total. The fourth-order valence-corrected chi connectivity index (χ4v) is 3.54. The van der Waals surface area contributed by atoms with Crippen LogP contribution in [0.3, 0.4) is 0 Å². The minimum Gasteiger partial charge on any atom is -0.341 e. The highest BCUT2D eigenvalue weighted by Gasteiger charge is 2.25. The van der Waals surface area contributed by atoms with E-state index in [2.05, 4.69) is 44.6 Å². The molecule has 7 heteroatoms. The fraction of sp³-hybridized carbons (Fsp3) is 0.476. The van der Waals surface area contributed by atoms with Crippen molar-refractivity contribution in [3.63, 3.8) is 0 Å². The molecule has 1 fully saturated rings. The van der Waals surface area contributed by atoms with Gasteiger partial charge in [-0.3, -0.25) is 4.79 Å². The summed E-state index contributed by atoms with van der Waals surface area (Å²) in [5, 5.41) is 6.35. The lowest BCUT2D eigenvalue weighted by Crippen LogP contribution is -2.29. The van der Waals surface area contributed by atoms with Crippen LogP contribution in [-0.2, 0) is 13.0 Å². The second-order valence-corrected chi connectivity index (χ2v) is 7.50. The molecule has 1 aromatic carbocycles. The van der Waals surface area contributed by atoms with Gasteiger partial charge in [-0.15, -0.1) is 12.4 Å². The number of nitrogens with one attached hydrogen (secondary N) is 2. The Morgan fingerprint density at radius 3 is 2.93 bits per heavy atom. The van der Waals surface area contributed by atoms with Crippen molar-refractivity contribution in [1.29, 1.82) is 0 Å². The Hall–Kier alpha value is -2.18. The molecule has 2 aliphatic rings. The highest BCUT2D eigenvalue weighted by atomic mass is 35.5. The number of hydrogen-bond acceptors (Lipinski definition) is 5. The SMILES string of the molecule is CCCN(CC1CC1)c1nccc(C(=O)Nc2ccc3c(c2)CNCC3)n1.Cl. The van der Waals surface area contributed by atoms with Gasteiger partial charge in [0.05, 0.1) is 0 Å². The minimum atomic E-state index is -0.190. The van der Waals surface area contributed by atoms with Gasteiger partial charge < -0.3 is 15.5 Å². The van der Waals surface area contributed by atoms with Gasteiger partial charge in [-0.05, 0) is 67.5 Å². The summed E-state index contributed by atoms with van der Waals surface area (Å²) in [7, 11) is 0. The van der Waals surface area contributed by atoms with Crippen LogP contribution >= 0.6 is 12.4 Å². The molecule has 0 bridgehead atoms. The Balaban J connectivity index is 0.00000225. The van der Waals surface area contributed by atoms with Crippen LogP contribution in [0.5, 0.6) is 0 Å². The average Bonchev–Trinajstić information content (AvgIpc) is 3.52. The molecular weight excluding hydrogens is 374 g/mol. The second kappa shape index (κ2) is 9.34. The number of hydrogen-bond donors (Lipinski definition) is 2. The Labute approximate surface area is 172 Å². The average molecular weight is 402 g/mol. The normalized spacial score (nSPS) is 15.3. The lowest BCUT2D eigenvalue weighted by Gasteiger charge is -2.22. The Morgan fingerprint density at radius 1 is 1.29 bits per heavy atom. The Bertz CT molecular complexity index is 824. The van der Waals surface area contributed by atoms with E-state index in [0.29, 0.717) is 11.6 Å². The smallest absolute Gasteiger partial charge is 0.274 e. The number of nitrogens with zero attached hydrogens (tertiary/aromatic N) is 3. The third-order valence-corrected chi connectivity index (χ3v) is 5.18. The van der Waals surface area contributed by atoms with Gasteiger partial charge in [0.25, 0.3) is 5.91 Å². The number of rotatable bonds is 7. The topological polar surface area (TPSA) is 70.2 Å². The summed E-state index contributed by atoms with van der Waals surface area (Å²) in [5.74, 6) is 1.22. The summed E-state index contributed by atoms with van der Waals surface area (Å²) < 4.78 is 0. The van der Waals surface area contributed by atoms with Gasteiger partial charge in [0.1, 0.15) is 5.69 Å². The van der Waals surface area contributed by atoms with Gasteiger partial charge in [0.2, 0.25) is 5.95 Å². The van der Waals surface area contributed by atoms with E-state index in [1.54, 1.807) is 12.3 Å². The molecule has 6 nitrogen and oxygen atoms in total. The second-order valence-electron chi connectivity index (χ2n) is 7.50. The Kier molecular flexibility index (Phi) is 6.86. The first-order valence-electron chi connectivity index (χ1n) is 9.95. The quantitative estimate of drug-likeness (QED) is 0.743. The van der Waals surface area contributed by atoms with E-state index in [1.165, 1.54) is 24.0 Å². The summed E-state index contributed by atoms with van der Waals surface area (Å²) in [4.78, 5) is 23.9. The summed E-state index contributed by atoms with van der Waals surface area (Å²) >= 11 is 0. The van der Waals surface area contributed by atoms with Crippen molar-refractivity contribution < 1.29 is 4.79 Å². The van der Waals surface area contributed by atoms with E-state index in [0.717, 1.165) is 50.6 Å². The predicted octanol–water partition coefficient (Wildman–Crippen LogP) is 3.42. The molecule has 1 amide bonds. The van der Waals surface area contributed by atoms with Crippen molar-refractivity contribution in [3.8, 4) is 0 Å². The first kappa shape index (κ1) is 20.6. The molecule has 1 saturated carbocycles. The number of carbonyl (C=O) groups is 1. The highest BCUT2D eigenvalue weighted by Crippen LogP contribution is 2.30. The number of fused-ring (bicyclic) bond motifs is 1. The highest BCUT2D eigenvalue weighted by molar-refractivity contribution is 6.03. The number of aromatic nitrogens is 2. The molecule has 4 rings (SSSR count). The number of amides is 1. The molecule has 1 aliphatic carbocycles. The zero-order valence-corrected chi connectivity index (χ0v) is 17.1. The van der Waals surface area contributed by atoms with Crippen LogP contribution in [0.15, 0.2) is 30.5 Å². The molecule has 0 unspecified atom stereocenters. The van der Waals surface area contributed by atoms with Crippen molar-refractivity contribution in [2.45, 2.75) is 39.2 Å². The third kappa shape index (κ3) is 5.00. The molecule has 2 heterocycles. The first-order chi connectivity index (χ1) is 13.2. The standard InChI is InChI=1S/C21H27N5O.ClH/c1-2-11-26(14-15-3-4-15)21-23-10-8-19(25-21)20(27)24-18-6-5-16-7-9-22-13-17(16)12-18;/h5-6,8,10,12,15,22H,2-4,7,9,11,13-14H2,1H3,(H,24,27);1H. The maximum atomic E-state index is 12.7. The van der Waals surface area contributed by atoms with Gasteiger partial charge in [0.15, 0.2) is 0 Å². The number of anilines is 2. The van der Waals surface area contributed by atoms with Gasteiger partial charge in [-0.25, -0.2) is 9.97 Å². The zero-order chi connectivity index (χ0) is 18.6. The molecule has 1 aromatic heterocycles. The summed E-state index contributed by atoms with van der Waals surface area (Å²) in [5.41, 5.74) is 3.83. The summed E-state index contributed by atoms with van der Waals surface area (Å²) in [6.45, 7) is 5.92. The van der Waals surface area contributed by atoms with Crippen LogP contribution in [-0.4, -0.2) is 35.5 Å². The van der Waals surface area contributed by atoms with E-state index >= 15 is 0 Å². The molecule has 0 radical (unpaired) electrons. The largest absolute Gasteiger partial charge is 0.341 e. The van der Waals surface area contributed by atoms with Gasteiger partial charge >= 0.3 is 0 Å². The van der Waals surface area contributed by atoms with Crippen molar-refractivity contribution in [2.24, 2.45) is 5.92 Å². The van der Waals surface area contributed by atoms with E-state index in [9.17, 15) is 4.79 Å². The monoisotopic (exact) mass is 401 g/mol. The number of benzene rings is 1. The third-order valence-electron chi connectivity index (χ3n) is 5.18. The van der Waals surface area contributed by atoms with Crippen LogP contribution in [0.2, 0.25) is 0 Å². The maximum absolute atomic E-state index is 12.7. The van der Waals surface area contributed by atoms with Gasteiger partial charge in [-0.1, -0.05) is 13.0 Å². The fourth-order valence-electron chi connectivity index (χ4n) is 3.54. The molecule has 0 atom stereocenters. The molecule has 150 valence electrons. The molecule has 0 spiro atoms. The summed E-state index contributed by atoms with van der Waals surface area (Å²) in [6.07, 6.45) is 6.33. The first-order valence-corrected chi connectivity index (χ1v) is 9.95. The van der Waals surface area contributed by atoms with Crippen molar-refractivity contribution in [3.05, 3.63) is 47.3 Å². The van der Waals surface area contributed by atoms with E-state index in [4.69, 9.17) is 0 Å². The number of carbonyl (C=O) groups excluding carboxylic acids is 1. The molecular formula is C21H28ClN5O. The minimum absolute atomic E-state index is 0.